The maximum atomic E-state index is 13.3. The van der Waals surface area contributed by atoms with E-state index < -0.39 is 46.8 Å². The Morgan fingerprint density at radius 3 is 2.31 bits per heavy atom. The van der Waals surface area contributed by atoms with Gasteiger partial charge in [-0.05, 0) is 37.6 Å². The molecule has 2 rings (SSSR count). The van der Waals surface area contributed by atoms with Crippen LogP contribution >= 0.6 is 0 Å². The Morgan fingerprint density at radius 1 is 1.07 bits per heavy atom. The number of hydrogen-bond acceptors (Lipinski definition) is 4. The van der Waals surface area contributed by atoms with Crippen LogP contribution in [0.25, 0.3) is 0 Å². The molecule has 154 valence electrons. The second kappa shape index (κ2) is 8.85. The zero-order valence-corrected chi connectivity index (χ0v) is 15.5. The predicted octanol–water partition coefficient (Wildman–Crippen LogP) is 3.70. The van der Waals surface area contributed by atoms with Crippen LogP contribution in [0, 0.1) is 12.7 Å². The number of rotatable bonds is 6. The minimum atomic E-state index is -5.02. The predicted molar refractivity (Wildman–Crippen MR) is 94.8 cm³/mol. The van der Waals surface area contributed by atoms with E-state index in [2.05, 4.69) is 0 Å². The second-order valence-electron chi connectivity index (χ2n) is 6.03. The summed E-state index contributed by atoms with van der Waals surface area (Å²) in [5.74, 6) is -4.51. The molecule has 0 spiro atoms. The Bertz CT molecular complexity index is 940. The molecule has 0 heterocycles. The monoisotopic (exact) mass is 411 g/mol. The number of alkyl halides is 3. The lowest BCUT2D eigenvalue weighted by atomic mass is 9.98. The average molecular weight is 411 g/mol. The molecule has 1 amide bonds. The SMILES string of the molecule is CCOC(=O)C(NC(=O)c1ccc(F)cc1C(F)(F)F)C(=O)c1ccccc1C. The molecule has 0 saturated heterocycles. The van der Waals surface area contributed by atoms with Crippen LogP contribution in [0.1, 0.15) is 38.8 Å². The minimum Gasteiger partial charge on any atom is -0.464 e. The van der Waals surface area contributed by atoms with E-state index in [1.165, 1.54) is 19.1 Å². The van der Waals surface area contributed by atoms with Gasteiger partial charge in [-0.3, -0.25) is 9.59 Å². The molecule has 2 aromatic rings. The number of ether oxygens (including phenoxy) is 1. The zero-order valence-electron chi connectivity index (χ0n) is 15.5. The molecule has 0 radical (unpaired) electrons. The van der Waals surface area contributed by atoms with Crippen LogP contribution in [0.4, 0.5) is 17.6 Å². The topological polar surface area (TPSA) is 72.5 Å². The van der Waals surface area contributed by atoms with Gasteiger partial charge in [0.15, 0.2) is 11.8 Å². The van der Waals surface area contributed by atoms with Crippen molar-refractivity contribution in [2.45, 2.75) is 26.1 Å². The van der Waals surface area contributed by atoms with Crippen molar-refractivity contribution >= 4 is 17.7 Å². The van der Waals surface area contributed by atoms with E-state index in [1.807, 2.05) is 5.32 Å². The third-order valence-corrected chi connectivity index (χ3v) is 4.00. The highest BCUT2D eigenvalue weighted by atomic mass is 19.4. The van der Waals surface area contributed by atoms with E-state index in [1.54, 1.807) is 19.1 Å². The molecule has 0 aliphatic heterocycles. The van der Waals surface area contributed by atoms with Crippen LogP contribution in [0.15, 0.2) is 42.5 Å². The quantitative estimate of drug-likeness (QED) is 0.341. The largest absolute Gasteiger partial charge is 0.464 e. The molecule has 0 fully saturated rings. The molecular weight excluding hydrogens is 394 g/mol. The number of Topliss-reactive ketones (excluding diaryl/α,β-unsaturated/α-hetero) is 1. The van der Waals surface area contributed by atoms with Gasteiger partial charge in [0.05, 0.1) is 17.7 Å². The molecule has 5 nitrogen and oxygen atoms in total. The molecule has 1 N–H and O–H groups in total. The van der Waals surface area contributed by atoms with E-state index >= 15 is 0 Å². The van der Waals surface area contributed by atoms with E-state index in [4.69, 9.17) is 4.74 Å². The van der Waals surface area contributed by atoms with E-state index in [0.717, 1.165) is 0 Å². The van der Waals surface area contributed by atoms with Crippen LogP contribution < -0.4 is 5.32 Å². The average Bonchev–Trinajstić information content (AvgIpc) is 2.65. The molecule has 0 bridgehead atoms. The summed E-state index contributed by atoms with van der Waals surface area (Å²) in [6.07, 6.45) is -5.02. The Balaban J connectivity index is 2.43. The maximum Gasteiger partial charge on any atom is 0.417 e. The van der Waals surface area contributed by atoms with Gasteiger partial charge in [0.1, 0.15) is 5.82 Å². The number of ketones is 1. The minimum absolute atomic E-state index is 0.0982. The molecule has 2 aromatic carbocycles. The number of hydrogen-bond donors (Lipinski definition) is 1. The number of halogens is 4. The lowest BCUT2D eigenvalue weighted by Gasteiger charge is -2.19. The Labute approximate surface area is 163 Å². The molecule has 0 aromatic heterocycles. The van der Waals surface area contributed by atoms with Crippen molar-refractivity contribution in [3.63, 3.8) is 0 Å². The van der Waals surface area contributed by atoms with E-state index in [9.17, 15) is 31.9 Å². The van der Waals surface area contributed by atoms with Gasteiger partial charge in [0.2, 0.25) is 0 Å². The molecule has 0 aliphatic rings. The molecule has 0 aliphatic carbocycles. The van der Waals surface area contributed by atoms with Crippen molar-refractivity contribution in [2.24, 2.45) is 0 Å². The van der Waals surface area contributed by atoms with Gasteiger partial charge in [-0.2, -0.15) is 13.2 Å². The fraction of sp³-hybridized carbons (Fsp3) is 0.250. The first kappa shape index (κ1) is 22.1. The van der Waals surface area contributed by atoms with Gasteiger partial charge >= 0.3 is 12.1 Å². The number of nitrogens with one attached hydrogen (secondary N) is 1. The van der Waals surface area contributed by atoms with Crippen LogP contribution in [-0.4, -0.2) is 30.3 Å². The second-order valence-corrected chi connectivity index (χ2v) is 6.03. The summed E-state index contributed by atoms with van der Waals surface area (Å²) in [5.41, 5.74) is -1.86. The Morgan fingerprint density at radius 2 is 1.72 bits per heavy atom. The Kier molecular flexibility index (Phi) is 6.73. The molecule has 1 atom stereocenters. The lowest BCUT2D eigenvalue weighted by molar-refractivity contribution is -0.144. The highest BCUT2D eigenvalue weighted by molar-refractivity contribution is 6.15. The summed E-state index contributed by atoms with van der Waals surface area (Å²) in [5, 5.41) is 1.99. The highest BCUT2D eigenvalue weighted by Crippen LogP contribution is 2.32. The van der Waals surface area contributed by atoms with Crippen LogP contribution in [-0.2, 0) is 15.7 Å². The van der Waals surface area contributed by atoms with Crippen molar-refractivity contribution < 1.29 is 36.7 Å². The van der Waals surface area contributed by atoms with Crippen molar-refractivity contribution in [1.82, 2.24) is 5.32 Å². The summed E-state index contributed by atoms with van der Waals surface area (Å²) in [6.45, 7) is 2.95. The number of amides is 1. The van der Waals surface area contributed by atoms with Crippen molar-refractivity contribution in [3.8, 4) is 0 Å². The summed E-state index contributed by atoms with van der Waals surface area (Å²) < 4.78 is 57.6. The summed E-state index contributed by atoms with van der Waals surface area (Å²) in [7, 11) is 0. The Hall–Kier alpha value is -3.23. The van der Waals surface area contributed by atoms with Gasteiger partial charge in [-0.25, -0.2) is 9.18 Å². The first-order valence-corrected chi connectivity index (χ1v) is 8.50. The third kappa shape index (κ3) is 5.18. The van der Waals surface area contributed by atoms with Crippen molar-refractivity contribution in [2.75, 3.05) is 6.61 Å². The number of aryl methyl sites for hydroxylation is 1. The number of esters is 1. The fourth-order valence-corrected chi connectivity index (χ4v) is 2.62. The summed E-state index contributed by atoms with van der Waals surface area (Å²) >= 11 is 0. The van der Waals surface area contributed by atoms with E-state index in [-0.39, 0.29) is 18.2 Å². The van der Waals surface area contributed by atoms with Crippen LogP contribution in [0.2, 0.25) is 0 Å². The van der Waals surface area contributed by atoms with Crippen molar-refractivity contribution in [1.29, 1.82) is 0 Å². The van der Waals surface area contributed by atoms with Gasteiger partial charge in [-0.15, -0.1) is 0 Å². The normalized spacial score (nSPS) is 12.2. The first-order valence-electron chi connectivity index (χ1n) is 8.50. The molecular formula is C20H17F4NO4. The third-order valence-electron chi connectivity index (χ3n) is 4.00. The van der Waals surface area contributed by atoms with Crippen molar-refractivity contribution in [3.05, 3.63) is 70.5 Å². The van der Waals surface area contributed by atoms with Gasteiger partial charge in [0.25, 0.3) is 5.91 Å². The standard InChI is InChI=1S/C20H17F4NO4/c1-3-29-19(28)16(17(26)13-7-5-4-6-11(13)2)25-18(27)14-9-8-12(21)10-15(14)20(22,23)24/h4-10,16H,3H2,1-2H3,(H,25,27). The lowest BCUT2D eigenvalue weighted by Crippen LogP contribution is -2.48. The molecule has 0 saturated carbocycles. The van der Waals surface area contributed by atoms with E-state index in [0.29, 0.717) is 17.7 Å². The molecule has 29 heavy (non-hydrogen) atoms. The van der Waals surface area contributed by atoms with Gasteiger partial charge in [-0.1, -0.05) is 24.3 Å². The summed E-state index contributed by atoms with van der Waals surface area (Å²) in [6, 6.07) is 5.80. The number of carbonyl (C=O) groups excluding carboxylic acids is 3. The number of benzene rings is 2. The fourth-order valence-electron chi connectivity index (χ4n) is 2.62. The highest BCUT2D eigenvalue weighted by Gasteiger charge is 2.38. The van der Waals surface area contributed by atoms with Crippen LogP contribution in [0.3, 0.4) is 0 Å². The maximum absolute atomic E-state index is 13.3. The number of carbonyl (C=O) groups is 3. The smallest absolute Gasteiger partial charge is 0.417 e. The van der Waals surface area contributed by atoms with Gasteiger partial charge in [0, 0.05) is 5.56 Å². The molecule has 1 unspecified atom stereocenters. The van der Waals surface area contributed by atoms with Crippen LogP contribution in [0.5, 0.6) is 0 Å². The molecule has 9 heteroatoms. The zero-order chi connectivity index (χ0) is 21.8. The van der Waals surface area contributed by atoms with Gasteiger partial charge < -0.3 is 10.1 Å². The summed E-state index contributed by atoms with van der Waals surface area (Å²) in [4.78, 5) is 37.5. The first-order chi connectivity index (χ1) is 13.6.